The molecule has 3 atom stereocenters. The average molecular weight is 451 g/mol. The lowest BCUT2D eigenvalue weighted by molar-refractivity contribution is 0.0245. The van der Waals surface area contributed by atoms with Crippen molar-refractivity contribution in [1.29, 1.82) is 0 Å². The number of nitrogens with two attached hydrogens (primary N) is 1. The summed E-state index contributed by atoms with van der Waals surface area (Å²) in [6.07, 6.45) is 5.05. The monoisotopic (exact) mass is 450 g/mol. The zero-order valence-corrected chi connectivity index (χ0v) is 20.9. The zero-order valence-electron chi connectivity index (χ0n) is 20.9. The normalized spacial score (nSPS) is 18.5. The van der Waals surface area contributed by atoms with E-state index in [0.29, 0.717) is 25.0 Å². The average Bonchev–Trinajstić information content (AvgIpc) is 2.79. The Morgan fingerprint density at radius 2 is 1.81 bits per heavy atom. The topological polar surface area (TPSA) is 77.2 Å². The predicted molar refractivity (Wildman–Crippen MR) is 130 cm³/mol. The van der Waals surface area contributed by atoms with Gasteiger partial charge in [0.25, 0.3) is 0 Å². The number of ether oxygens (including phenoxy) is 3. The largest absolute Gasteiger partial charge is 0.493 e. The van der Waals surface area contributed by atoms with Gasteiger partial charge < -0.3 is 25.1 Å². The molecule has 0 aromatic heterocycles. The molecule has 1 aromatic carbocycles. The molecule has 0 bridgehead atoms. The maximum Gasteiger partial charge on any atom is 0.161 e. The SMILES string of the molecule is COCCCOc1cc(C[C@H](CC[C@H](O)[C@@H](N)N2CCC(C)CC2)C(C)C)ccc1OC. The van der Waals surface area contributed by atoms with E-state index in [1.54, 1.807) is 14.2 Å². The fraction of sp³-hybridized carbons (Fsp3) is 0.769. The second kappa shape index (κ2) is 14.0. The zero-order chi connectivity index (χ0) is 23.5. The molecule has 1 fully saturated rings. The van der Waals surface area contributed by atoms with Gasteiger partial charge in [-0.05, 0) is 80.6 Å². The Morgan fingerprint density at radius 1 is 1.09 bits per heavy atom. The molecule has 1 saturated heterocycles. The van der Waals surface area contributed by atoms with Crippen molar-refractivity contribution in [2.45, 2.75) is 71.6 Å². The van der Waals surface area contributed by atoms with Gasteiger partial charge >= 0.3 is 0 Å². The Balaban J connectivity index is 1.93. The molecule has 0 amide bonds. The van der Waals surface area contributed by atoms with E-state index in [4.69, 9.17) is 19.9 Å². The van der Waals surface area contributed by atoms with Gasteiger partial charge in [-0.2, -0.15) is 0 Å². The Bertz CT molecular complexity index is 647. The van der Waals surface area contributed by atoms with E-state index in [9.17, 15) is 5.11 Å². The molecule has 1 aliphatic rings. The van der Waals surface area contributed by atoms with Crippen LogP contribution in [0.3, 0.4) is 0 Å². The summed E-state index contributed by atoms with van der Waals surface area (Å²) in [7, 11) is 3.37. The molecule has 0 aliphatic carbocycles. The molecule has 0 radical (unpaired) electrons. The molecule has 0 saturated carbocycles. The van der Waals surface area contributed by atoms with Crippen LogP contribution < -0.4 is 15.2 Å². The number of likely N-dealkylation sites (tertiary alicyclic amines) is 1. The number of rotatable bonds is 14. The van der Waals surface area contributed by atoms with Crippen LogP contribution in [-0.4, -0.2) is 62.8 Å². The summed E-state index contributed by atoms with van der Waals surface area (Å²) in [5.74, 6) is 3.28. The number of aliphatic hydroxyl groups is 1. The second-order valence-electron chi connectivity index (χ2n) is 9.74. The molecule has 0 unspecified atom stereocenters. The lowest BCUT2D eigenvalue weighted by Gasteiger charge is -2.37. The number of aliphatic hydroxyl groups excluding tert-OH is 1. The van der Waals surface area contributed by atoms with E-state index in [1.807, 2.05) is 6.07 Å². The number of hydrogen-bond donors (Lipinski definition) is 2. The third-order valence-corrected chi connectivity index (χ3v) is 6.89. The summed E-state index contributed by atoms with van der Waals surface area (Å²) >= 11 is 0. The van der Waals surface area contributed by atoms with Gasteiger partial charge in [0.15, 0.2) is 11.5 Å². The summed E-state index contributed by atoms with van der Waals surface area (Å²) in [4.78, 5) is 2.26. The van der Waals surface area contributed by atoms with Crippen molar-refractivity contribution in [3.8, 4) is 11.5 Å². The lowest BCUT2D eigenvalue weighted by Crippen LogP contribution is -2.52. The first kappa shape index (κ1) is 26.9. The molecule has 1 aromatic rings. The summed E-state index contributed by atoms with van der Waals surface area (Å²) in [6.45, 7) is 10.1. The van der Waals surface area contributed by atoms with Crippen molar-refractivity contribution in [2.24, 2.45) is 23.5 Å². The second-order valence-corrected chi connectivity index (χ2v) is 9.74. The van der Waals surface area contributed by atoms with Crippen LogP contribution in [0.1, 0.15) is 58.4 Å². The summed E-state index contributed by atoms with van der Waals surface area (Å²) in [5.41, 5.74) is 7.64. The lowest BCUT2D eigenvalue weighted by atomic mass is 9.84. The summed E-state index contributed by atoms with van der Waals surface area (Å²) in [5, 5.41) is 10.8. The van der Waals surface area contributed by atoms with Gasteiger partial charge in [-0.15, -0.1) is 0 Å². The van der Waals surface area contributed by atoms with Gasteiger partial charge in [-0.25, -0.2) is 0 Å². The molecule has 0 spiro atoms. The smallest absolute Gasteiger partial charge is 0.161 e. The fourth-order valence-corrected chi connectivity index (χ4v) is 4.45. The molecule has 3 N–H and O–H groups in total. The first-order chi connectivity index (χ1) is 15.3. The number of piperidine rings is 1. The molecule has 1 aliphatic heterocycles. The van der Waals surface area contributed by atoms with Crippen molar-refractivity contribution in [3.05, 3.63) is 23.8 Å². The Labute approximate surface area is 195 Å². The van der Waals surface area contributed by atoms with E-state index < -0.39 is 6.10 Å². The van der Waals surface area contributed by atoms with Gasteiger partial charge in [0.05, 0.1) is 26.0 Å². The van der Waals surface area contributed by atoms with E-state index in [-0.39, 0.29) is 6.17 Å². The highest BCUT2D eigenvalue weighted by molar-refractivity contribution is 5.43. The third-order valence-electron chi connectivity index (χ3n) is 6.89. The standard InChI is InChI=1S/C26H46N2O4/c1-19(2)22(8-9-23(29)26(27)28-13-11-20(3)12-14-28)17-21-7-10-24(31-5)25(18-21)32-16-6-15-30-4/h7,10,18-20,22-23,26,29H,6,8-9,11-17,27H2,1-5H3/t22-,23-,26-/m0/s1. The van der Waals surface area contributed by atoms with Crippen molar-refractivity contribution < 1.29 is 19.3 Å². The molecular formula is C26H46N2O4. The maximum atomic E-state index is 10.8. The summed E-state index contributed by atoms with van der Waals surface area (Å²) in [6, 6.07) is 6.20. The highest BCUT2D eigenvalue weighted by atomic mass is 16.5. The fourth-order valence-electron chi connectivity index (χ4n) is 4.45. The molecule has 1 heterocycles. The van der Waals surface area contributed by atoms with Gasteiger partial charge in [-0.1, -0.05) is 26.8 Å². The Kier molecular flexibility index (Phi) is 11.8. The number of hydrogen-bond acceptors (Lipinski definition) is 6. The van der Waals surface area contributed by atoms with Crippen LogP contribution in [0.15, 0.2) is 18.2 Å². The van der Waals surface area contributed by atoms with Crippen LogP contribution in [0.4, 0.5) is 0 Å². The van der Waals surface area contributed by atoms with Crippen molar-refractivity contribution in [3.63, 3.8) is 0 Å². The van der Waals surface area contributed by atoms with Crippen molar-refractivity contribution >= 4 is 0 Å². The van der Waals surface area contributed by atoms with E-state index in [1.165, 1.54) is 18.4 Å². The van der Waals surface area contributed by atoms with Crippen LogP contribution in [-0.2, 0) is 11.2 Å². The van der Waals surface area contributed by atoms with Crippen molar-refractivity contribution in [2.75, 3.05) is 40.5 Å². The molecule has 6 heteroatoms. The molecule has 184 valence electrons. The van der Waals surface area contributed by atoms with Crippen LogP contribution >= 0.6 is 0 Å². The molecule has 32 heavy (non-hydrogen) atoms. The molecule has 2 rings (SSSR count). The minimum atomic E-state index is -0.486. The quantitative estimate of drug-likeness (QED) is 0.416. The maximum absolute atomic E-state index is 10.8. The van der Waals surface area contributed by atoms with Gasteiger partial charge in [-0.3, -0.25) is 4.90 Å². The van der Waals surface area contributed by atoms with Gasteiger partial charge in [0, 0.05) is 20.1 Å². The van der Waals surface area contributed by atoms with Crippen LogP contribution in [0, 0.1) is 17.8 Å². The molecular weight excluding hydrogens is 404 g/mol. The Morgan fingerprint density at radius 3 is 2.44 bits per heavy atom. The minimum absolute atomic E-state index is 0.261. The summed E-state index contributed by atoms with van der Waals surface area (Å²) < 4.78 is 16.5. The first-order valence-electron chi connectivity index (χ1n) is 12.3. The number of benzene rings is 1. The van der Waals surface area contributed by atoms with E-state index in [2.05, 4.69) is 37.8 Å². The van der Waals surface area contributed by atoms with E-state index >= 15 is 0 Å². The number of methoxy groups -OCH3 is 2. The third kappa shape index (κ3) is 8.54. The van der Waals surface area contributed by atoms with Gasteiger partial charge in [0.2, 0.25) is 0 Å². The molecule has 6 nitrogen and oxygen atoms in total. The Hall–Kier alpha value is -1.34. The highest BCUT2D eigenvalue weighted by Gasteiger charge is 2.27. The predicted octanol–water partition coefficient (Wildman–Crippen LogP) is 4.08. The number of nitrogens with zero attached hydrogens (tertiary/aromatic N) is 1. The first-order valence-corrected chi connectivity index (χ1v) is 12.3. The highest BCUT2D eigenvalue weighted by Crippen LogP contribution is 2.31. The van der Waals surface area contributed by atoms with Crippen LogP contribution in [0.5, 0.6) is 11.5 Å². The van der Waals surface area contributed by atoms with Crippen LogP contribution in [0.25, 0.3) is 0 Å². The van der Waals surface area contributed by atoms with Gasteiger partial charge in [0.1, 0.15) is 0 Å². The van der Waals surface area contributed by atoms with Crippen LogP contribution in [0.2, 0.25) is 0 Å². The minimum Gasteiger partial charge on any atom is -0.493 e. The van der Waals surface area contributed by atoms with E-state index in [0.717, 1.165) is 56.2 Å². The van der Waals surface area contributed by atoms with Crippen molar-refractivity contribution in [1.82, 2.24) is 4.90 Å².